The second-order valence-corrected chi connectivity index (χ2v) is 3.81. The Hall–Kier alpha value is -2.44. The number of alkyl halides is 3. The molecule has 2 rings (SSSR count). The number of carbonyl (C=O) groups is 1. The Labute approximate surface area is 110 Å². The molecule has 104 valence electrons. The number of benzene rings is 1. The van der Waals surface area contributed by atoms with Crippen molar-refractivity contribution in [3.63, 3.8) is 0 Å². The van der Waals surface area contributed by atoms with Gasteiger partial charge in [-0.25, -0.2) is 4.39 Å². The minimum Gasteiger partial charge on any atom is -0.405 e. The predicted octanol–water partition coefficient (Wildman–Crippen LogP) is 3.60. The average Bonchev–Trinajstić information content (AvgIpc) is 2.37. The van der Waals surface area contributed by atoms with Gasteiger partial charge in [-0.2, -0.15) is 0 Å². The van der Waals surface area contributed by atoms with Crippen molar-refractivity contribution in [2.45, 2.75) is 6.36 Å². The van der Waals surface area contributed by atoms with Gasteiger partial charge in [-0.3, -0.25) is 9.78 Å². The van der Waals surface area contributed by atoms with Gasteiger partial charge in [0, 0.05) is 22.9 Å². The van der Waals surface area contributed by atoms with E-state index in [9.17, 15) is 22.4 Å². The molecule has 0 saturated heterocycles. The maximum atomic E-state index is 13.1. The van der Waals surface area contributed by atoms with Gasteiger partial charge in [0.25, 0.3) is 0 Å². The summed E-state index contributed by atoms with van der Waals surface area (Å²) >= 11 is 0. The van der Waals surface area contributed by atoms with E-state index in [4.69, 9.17) is 0 Å². The number of ether oxygens (including phenoxy) is 1. The van der Waals surface area contributed by atoms with Gasteiger partial charge in [0.05, 0.1) is 6.20 Å². The first-order chi connectivity index (χ1) is 9.39. The van der Waals surface area contributed by atoms with Gasteiger partial charge in [0.1, 0.15) is 17.9 Å². The summed E-state index contributed by atoms with van der Waals surface area (Å²) in [7, 11) is 0. The summed E-state index contributed by atoms with van der Waals surface area (Å²) in [4.78, 5) is 14.3. The van der Waals surface area contributed by atoms with Crippen molar-refractivity contribution < 1.29 is 27.1 Å². The summed E-state index contributed by atoms with van der Waals surface area (Å²) in [6.45, 7) is 0. The smallest absolute Gasteiger partial charge is 0.405 e. The third-order valence-electron chi connectivity index (χ3n) is 2.38. The van der Waals surface area contributed by atoms with Crippen LogP contribution in [-0.4, -0.2) is 17.6 Å². The number of carbonyl (C=O) groups excluding carboxylic acids is 1. The lowest BCUT2D eigenvalue weighted by atomic mass is 10.0. The van der Waals surface area contributed by atoms with Crippen LogP contribution in [0.25, 0.3) is 11.1 Å². The van der Waals surface area contributed by atoms with Crippen LogP contribution in [0.2, 0.25) is 0 Å². The van der Waals surface area contributed by atoms with Gasteiger partial charge >= 0.3 is 6.36 Å². The molecule has 0 aliphatic heterocycles. The van der Waals surface area contributed by atoms with Crippen LogP contribution in [-0.2, 0) is 0 Å². The second kappa shape index (κ2) is 5.28. The number of aromatic nitrogens is 1. The summed E-state index contributed by atoms with van der Waals surface area (Å²) in [5, 5.41) is 0. The van der Waals surface area contributed by atoms with Gasteiger partial charge in [-0.05, 0) is 24.3 Å². The molecule has 7 heteroatoms. The minimum atomic E-state index is -4.89. The lowest BCUT2D eigenvalue weighted by Gasteiger charge is -2.13. The summed E-state index contributed by atoms with van der Waals surface area (Å²) < 4.78 is 53.9. The quantitative estimate of drug-likeness (QED) is 0.639. The number of hydrogen-bond acceptors (Lipinski definition) is 3. The van der Waals surface area contributed by atoms with Gasteiger partial charge in [-0.15, -0.1) is 13.2 Å². The van der Waals surface area contributed by atoms with Crippen molar-refractivity contribution in [1.29, 1.82) is 0 Å². The topological polar surface area (TPSA) is 39.2 Å². The van der Waals surface area contributed by atoms with Gasteiger partial charge in [0.15, 0.2) is 0 Å². The first-order valence-electron chi connectivity index (χ1n) is 5.35. The van der Waals surface area contributed by atoms with E-state index in [1.165, 1.54) is 18.3 Å². The van der Waals surface area contributed by atoms with Gasteiger partial charge < -0.3 is 4.74 Å². The van der Waals surface area contributed by atoms with Crippen LogP contribution in [0.4, 0.5) is 17.6 Å². The SMILES string of the molecule is O=Cc1ccc(OC(F)(F)F)c(-c2cncc(F)c2)c1. The molecule has 0 atom stereocenters. The lowest BCUT2D eigenvalue weighted by molar-refractivity contribution is -0.274. The monoisotopic (exact) mass is 285 g/mol. The van der Waals surface area contributed by atoms with Crippen molar-refractivity contribution in [2.75, 3.05) is 0 Å². The van der Waals surface area contributed by atoms with E-state index in [0.29, 0.717) is 6.29 Å². The molecule has 1 aromatic heterocycles. The van der Waals surface area contributed by atoms with E-state index < -0.39 is 17.9 Å². The molecule has 0 bridgehead atoms. The number of rotatable bonds is 3. The van der Waals surface area contributed by atoms with Crippen LogP contribution >= 0.6 is 0 Å². The molecule has 0 aliphatic carbocycles. The molecule has 0 unspecified atom stereocenters. The molecule has 0 fully saturated rings. The Bertz CT molecular complexity index is 641. The number of aldehydes is 1. The predicted molar refractivity (Wildman–Crippen MR) is 61.7 cm³/mol. The van der Waals surface area contributed by atoms with E-state index in [1.807, 2.05) is 0 Å². The number of hydrogen-bond donors (Lipinski definition) is 0. The highest BCUT2D eigenvalue weighted by Crippen LogP contribution is 2.34. The molecule has 0 spiro atoms. The fourth-order valence-electron chi connectivity index (χ4n) is 1.62. The molecular formula is C13H7F4NO2. The summed E-state index contributed by atoms with van der Waals surface area (Å²) in [5.74, 6) is -1.24. The second-order valence-electron chi connectivity index (χ2n) is 3.81. The van der Waals surface area contributed by atoms with Crippen molar-refractivity contribution in [1.82, 2.24) is 4.98 Å². The Morgan fingerprint density at radius 2 is 1.90 bits per heavy atom. The zero-order valence-corrected chi connectivity index (χ0v) is 9.82. The average molecular weight is 285 g/mol. The summed E-state index contributed by atoms with van der Waals surface area (Å²) in [5.41, 5.74) is 0.144. The lowest BCUT2D eigenvalue weighted by Crippen LogP contribution is -2.17. The highest BCUT2D eigenvalue weighted by molar-refractivity contribution is 5.81. The third kappa shape index (κ3) is 3.31. The van der Waals surface area contributed by atoms with Crippen LogP contribution in [0.3, 0.4) is 0 Å². The highest BCUT2D eigenvalue weighted by atomic mass is 19.4. The van der Waals surface area contributed by atoms with Crippen molar-refractivity contribution in [3.05, 3.63) is 48.0 Å². The maximum Gasteiger partial charge on any atom is 0.573 e. The fourth-order valence-corrected chi connectivity index (χ4v) is 1.62. The van der Waals surface area contributed by atoms with E-state index in [-0.39, 0.29) is 16.7 Å². The van der Waals surface area contributed by atoms with Crippen molar-refractivity contribution in [2.24, 2.45) is 0 Å². The zero-order chi connectivity index (χ0) is 14.8. The standard InChI is InChI=1S/C13H7F4NO2/c14-10-4-9(5-18-6-10)11-3-8(7-19)1-2-12(11)20-13(15,16)17/h1-7H. The number of nitrogens with zero attached hydrogens (tertiary/aromatic N) is 1. The molecule has 0 N–H and O–H groups in total. The van der Waals surface area contributed by atoms with Crippen LogP contribution < -0.4 is 4.74 Å². The Balaban J connectivity index is 2.55. The molecular weight excluding hydrogens is 278 g/mol. The molecule has 0 saturated carbocycles. The first-order valence-corrected chi connectivity index (χ1v) is 5.35. The van der Waals surface area contributed by atoms with E-state index >= 15 is 0 Å². The fraction of sp³-hybridized carbons (Fsp3) is 0.0769. The zero-order valence-electron chi connectivity index (χ0n) is 9.82. The number of halogens is 4. The first kappa shape index (κ1) is 14.0. The molecule has 1 aromatic carbocycles. The summed E-state index contributed by atoms with van der Waals surface area (Å²) in [6.07, 6.45) is -2.33. The third-order valence-corrected chi connectivity index (χ3v) is 2.38. The summed E-state index contributed by atoms with van der Waals surface area (Å²) in [6, 6.07) is 4.34. The van der Waals surface area contributed by atoms with Crippen LogP contribution in [0.5, 0.6) is 5.75 Å². The Morgan fingerprint density at radius 3 is 2.50 bits per heavy atom. The minimum absolute atomic E-state index is 0.0704. The molecule has 2 aromatic rings. The normalized spacial score (nSPS) is 11.2. The van der Waals surface area contributed by atoms with Crippen LogP contribution in [0, 0.1) is 5.82 Å². The number of pyridine rings is 1. The van der Waals surface area contributed by atoms with E-state index in [1.54, 1.807) is 0 Å². The molecule has 1 heterocycles. The Kier molecular flexibility index (Phi) is 3.69. The van der Waals surface area contributed by atoms with Gasteiger partial charge in [-0.1, -0.05) is 0 Å². The largest absolute Gasteiger partial charge is 0.573 e. The molecule has 0 aliphatic rings. The molecule has 0 amide bonds. The van der Waals surface area contributed by atoms with Crippen molar-refractivity contribution in [3.8, 4) is 16.9 Å². The van der Waals surface area contributed by atoms with Crippen molar-refractivity contribution >= 4 is 6.29 Å². The molecule has 20 heavy (non-hydrogen) atoms. The molecule has 3 nitrogen and oxygen atoms in total. The molecule has 0 radical (unpaired) electrons. The van der Waals surface area contributed by atoms with Crippen LogP contribution in [0.1, 0.15) is 10.4 Å². The van der Waals surface area contributed by atoms with Crippen LogP contribution in [0.15, 0.2) is 36.7 Å². The highest BCUT2D eigenvalue weighted by Gasteiger charge is 2.32. The van der Waals surface area contributed by atoms with E-state index in [0.717, 1.165) is 18.3 Å². The Morgan fingerprint density at radius 1 is 1.15 bits per heavy atom. The van der Waals surface area contributed by atoms with Gasteiger partial charge in [0.2, 0.25) is 0 Å². The maximum absolute atomic E-state index is 13.1. The van der Waals surface area contributed by atoms with E-state index in [2.05, 4.69) is 9.72 Å².